The Hall–Kier alpha value is -1.29. The molecule has 23 heavy (non-hydrogen) atoms. The zero-order valence-corrected chi connectivity index (χ0v) is 11.9. The van der Waals surface area contributed by atoms with E-state index in [-0.39, 0.29) is 38.2 Å². The maximum Gasteiger partial charge on any atom is 0.416 e. The molecule has 1 fully saturated rings. The van der Waals surface area contributed by atoms with Crippen LogP contribution in [0.2, 0.25) is 0 Å². The van der Waals surface area contributed by atoms with E-state index in [9.17, 15) is 37.3 Å². The van der Waals surface area contributed by atoms with E-state index in [0.29, 0.717) is 0 Å². The number of likely N-dealkylation sites (tertiary alicyclic amines) is 1. The average molecular weight is 341 g/mol. The number of hydrogen-bond donors (Lipinski definition) is 3. The van der Waals surface area contributed by atoms with Gasteiger partial charge in [-0.25, -0.2) is 8.78 Å². The van der Waals surface area contributed by atoms with Gasteiger partial charge >= 0.3 is 6.18 Å². The first-order valence-corrected chi connectivity index (χ1v) is 6.91. The number of β-amino-alcohol motifs (C(OH)–C–C–N with tert-alkyl or cyclic N) is 2. The summed E-state index contributed by atoms with van der Waals surface area (Å²) in [4.78, 5) is 1.47. The molecule has 1 aliphatic rings. The number of aliphatic hydroxyl groups excluding tert-OH is 3. The van der Waals surface area contributed by atoms with Crippen molar-refractivity contribution >= 4 is 0 Å². The minimum atomic E-state index is -4.84. The molecule has 2 unspecified atom stereocenters. The van der Waals surface area contributed by atoms with Crippen LogP contribution in [0.5, 0.6) is 0 Å². The topological polar surface area (TPSA) is 63.9 Å². The van der Waals surface area contributed by atoms with Crippen molar-refractivity contribution in [3.63, 3.8) is 0 Å². The van der Waals surface area contributed by atoms with Crippen molar-refractivity contribution in [1.82, 2.24) is 4.90 Å². The van der Waals surface area contributed by atoms with E-state index in [1.807, 2.05) is 0 Å². The summed E-state index contributed by atoms with van der Waals surface area (Å²) in [6.07, 6.45) is -8.78. The lowest BCUT2D eigenvalue weighted by atomic mass is 10.0. The van der Waals surface area contributed by atoms with Crippen LogP contribution in [0, 0.1) is 11.6 Å². The second-order valence-corrected chi connectivity index (χ2v) is 5.55. The maximum absolute atomic E-state index is 13.7. The highest BCUT2D eigenvalue weighted by Crippen LogP contribution is 2.31. The Morgan fingerprint density at radius 1 is 1.00 bits per heavy atom. The lowest BCUT2D eigenvalue weighted by Gasteiger charge is -2.36. The van der Waals surface area contributed by atoms with Crippen molar-refractivity contribution in [3.05, 3.63) is 34.9 Å². The van der Waals surface area contributed by atoms with Crippen LogP contribution in [-0.2, 0) is 12.6 Å². The van der Waals surface area contributed by atoms with E-state index < -0.39 is 47.2 Å². The van der Waals surface area contributed by atoms with Gasteiger partial charge in [-0.3, -0.25) is 4.90 Å². The Bertz CT molecular complexity index is 531. The van der Waals surface area contributed by atoms with E-state index in [1.165, 1.54) is 4.90 Å². The second-order valence-electron chi connectivity index (χ2n) is 5.55. The molecule has 0 saturated carbocycles. The predicted molar refractivity (Wildman–Crippen MR) is 69.5 cm³/mol. The summed E-state index contributed by atoms with van der Waals surface area (Å²) < 4.78 is 64.8. The molecular formula is C14H16F5NO3. The van der Waals surface area contributed by atoms with Gasteiger partial charge in [0, 0.05) is 25.2 Å². The molecule has 2 atom stereocenters. The number of benzene rings is 1. The summed E-state index contributed by atoms with van der Waals surface area (Å²) in [5.41, 5.74) is -1.89. The van der Waals surface area contributed by atoms with Crippen LogP contribution in [0.3, 0.4) is 0 Å². The summed E-state index contributed by atoms with van der Waals surface area (Å²) in [5.74, 6) is -2.59. The van der Waals surface area contributed by atoms with Gasteiger partial charge in [-0.1, -0.05) is 0 Å². The van der Waals surface area contributed by atoms with Crippen LogP contribution >= 0.6 is 0 Å². The molecule has 0 amide bonds. The van der Waals surface area contributed by atoms with E-state index in [1.54, 1.807) is 0 Å². The quantitative estimate of drug-likeness (QED) is 0.716. The number of rotatable bonds is 3. The van der Waals surface area contributed by atoms with Crippen molar-refractivity contribution in [2.45, 2.75) is 30.9 Å². The SMILES string of the molecule is OC1CN(CCc2c(F)cc(C(F)(F)F)cc2F)CC(O)C1O. The fourth-order valence-electron chi connectivity index (χ4n) is 2.53. The van der Waals surface area contributed by atoms with Gasteiger partial charge in [0.15, 0.2) is 0 Å². The van der Waals surface area contributed by atoms with Crippen LogP contribution in [0.15, 0.2) is 12.1 Å². The number of halogens is 5. The molecule has 1 aliphatic heterocycles. The van der Waals surface area contributed by atoms with Gasteiger partial charge in [-0.2, -0.15) is 13.2 Å². The third-order valence-corrected chi connectivity index (χ3v) is 3.83. The van der Waals surface area contributed by atoms with E-state index in [0.717, 1.165) is 0 Å². The summed E-state index contributed by atoms with van der Waals surface area (Å²) in [5, 5.41) is 28.4. The first-order chi connectivity index (χ1) is 10.6. The van der Waals surface area contributed by atoms with Gasteiger partial charge in [0.25, 0.3) is 0 Å². The third-order valence-electron chi connectivity index (χ3n) is 3.83. The number of alkyl halides is 3. The van der Waals surface area contributed by atoms with Crippen LogP contribution in [0.1, 0.15) is 11.1 Å². The maximum atomic E-state index is 13.7. The zero-order valence-electron chi connectivity index (χ0n) is 11.9. The van der Waals surface area contributed by atoms with Crippen LogP contribution < -0.4 is 0 Å². The van der Waals surface area contributed by atoms with Crippen molar-refractivity contribution in [3.8, 4) is 0 Å². The molecule has 0 spiro atoms. The zero-order chi connectivity index (χ0) is 17.4. The average Bonchev–Trinajstić information content (AvgIpc) is 2.42. The van der Waals surface area contributed by atoms with Gasteiger partial charge in [-0.15, -0.1) is 0 Å². The Kier molecular flexibility index (Phi) is 5.24. The van der Waals surface area contributed by atoms with Gasteiger partial charge in [0.1, 0.15) is 17.7 Å². The minimum Gasteiger partial charge on any atom is -0.389 e. The monoisotopic (exact) mass is 341 g/mol. The Balaban J connectivity index is 2.07. The smallest absolute Gasteiger partial charge is 0.389 e. The molecular weight excluding hydrogens is 325 g/mol. The number of nitrogens with zero attached hydrogens (tertiary/aromatic N) is 1. The Labute approximate surface area is 128 Å². The van der Waals surface area contributed by atoms with Gasteiger partial charge in [0.05, 0.1) is 17.8 Å². The second kappa shape index (κ2) is 6.68. The van der Waals surface area contributed by atoms with Gasteiger partial charge < -0.3 is 15.3 Å². The Morgan fingerprint density at radius 3 is 1.91 bits per heavy atom. The number of aliphatic hydroxyl groups is 3. The molecule has 4 nitrogen and oxygen atoms in total. The highest BCUT2D eigenvalue weighted by molar-refractivity contribution is 5.28. The molecule has 2 rings (SSSR count). The fraction of sp³-hybridized carbons (Fsp3) is 0.571. The summed E-state index contributed by atoms with van der Waals surface area (Å²) >= 11 is 0. The summed E-state index contributed by atoms with van der Waals surface area (Å²) in [7, 11) is 0. The minimum absolute atomic E-state index is 0.0118. The molecule has 3 N–H and O–H groups in total. The Morgan fingerprint density at radius 2 is 1.48 bits per heavy atom. The molecule has 1 aromatic carbocycles. The van der Waals surface area contributed by atoms with E-state index in [4.69, 9.17) is 0 Å². The van der Waals surface area contributed by atoms with Crippen molar-refractivity contribution < 1.29 is 37.3 Å². The van der Waals surface area contributed by atoms with E-state index >= 15 is 0 Å². The van der Waals surface area contributed by atoms with Crippen molar-refractivity contribution in [2.75, 3.05) is 19.6 Å². The number of piperidine rings is 1. The van der Waals surface area contributed by atoms with Gasteiger partial charge in [0.2, 0.25) is 0 Å². The normalized spacial score (nSPS) is 26.5. The van der Waals surface area contributed by atoms with Crippen molar-refractivity contribution in [1.29, 1.82) is 0 Å². The molecule has 1 saturated heterocycles. The van der Waals surface area contributed by atoms with Crippen LogP contribution in [-0.4, -0.2) is 58.2 Å². The van der Waals surface area contributed by atoms with Crippen LogP contribution in [0.25, 0.3) is 0 Å². The van der Waals surface area contributed by atoms with Crippen molar-refractivity contribution in [2.24, 2.45) is 0 Å². The molecule has 0 aliphatic carbocycles. The highest BCUT2D eigenvalue weighted by Gasteiger charge is 2.34. The summed E-state index contributed by atoms with van der Waals surface area (Å²) in [6.45, 7) is -0.00968. The first-order valence-electron chi connectivity index (χ1n) is 6.91. The fourth-order valence-corrected chi connectivity index (χ4v) is 2.53. The molecule has 130 valence electrons. The molecule has 9 heteroatoms. The number of hydrogen-bond acceptors (Lipinski definition) is 4. The summed E-state index contributed by atoms with van der Waals surface area (Å²) in [6, 6.07) is 0.476. The molecule has 0 radical (unpaired) electrons. The van der Waals surface area contributed by atoms with Gasteiger partial charge in [-0.05, 0) is 18.6 Å². The highest BCUT2D eigenvalue weighted by atomic mass is 19.4. The molecule has 1 heterocycles. The lowest BCUT2D eigenvalue weighted by molar-refractivity contribution is -0.138. The molecule has 0 bridgehead atoms. The standard InChI is InChI=1S/C14H16F5NO3/c15-9-3-7(14(17,18)19)4-10(16)8(9)1-2-20-5-11(21)13(23)12(22)6-20/h3-4,11-13,21-23H,1-2,5-6H2. The lowest BCUT2D eigenvalue weighted by Crippen LogP contribution is -2.55. The van der Waals surface area contributed by atoms with Crippen LogP contribution in [0.4, 0.5) is 22.0 Å². The van der Waals surface area contributed by atoms with E-state index in [2.05, 4.69) is 0 Å². The predicted octanol–water partition coefficient (Wildman–Crippen LogP) is 0.924. The third kappa shape index (κ3) is 4.17. The molecule has 0 aromatic heterocycles. The largest absolute Gasteiger partial charge is 0.416 e. The first kappa shape index (κ1) is 18.1. The molecule has 1 aromatic rings.